The highest BCUT2D eigenvalue weighted by Crippen LogP contribution is 2.33. The Kier molecular flexibility index (Phi) is 3.01. The summed E-state index contributed by atoms with van der Waals surface area (Å²) in [5.41, 5.74) is 6.17. The van der Waals surface area contributed by atoms with Gasteiger partial charge in [-0.2, -0.15) is 4.98 Å². The molecule has 0 aliphatic carbocycles. The minimum Gasteiger partial charge on any atom is -0.339 e. The van der Waals surface area contributed by atoms with Crippen LogP contribution in [-0.2, 0) is 11.2 Å². The first-order chi connectivity index (χ1) is 11.1. The van der Waals surface area contributed by atoms with Crippen LogP contribution in [0.1, 0.15) is 17.0 Å². The number of aromatic nitrogens is 2. The number of aryl methyl sites for hydroxylation is 1. The summed E-state index contributed by atoms with van der Waals surface area (Å²) in [6.07, 6.45) is 0.436. The zero-order chi connectivity index (χ0) is 16.0. The molecular weight excluding hydrogens is 290 g/mol. The average Bonchev–Trinajstić information content (AvgIpc) is 3.11. The molecule has 5 nitrogen and oxygen atoms in total. The van der Waals surface area contributed by atoms with Gasteiger partial charge in [0.25, 0.3) is 0 Å². The molecule has 0 bridgehead atoms. The van der Waals surface area contributed by atoms with Gasteiger partial charge in [-0.1, -0.05) is 29.4 Å². The van der Waals surface area contributed by atoms with Gasteiger partial charge in [0, 0.05) is 18.2 Å². The first-order valence-electron chi connectivity index (χ1n) is 7.45. The number of nitrogens with one attached hydrogen (secondary N) is 1. The lowest BCUT2D eigenvalue weighted by Crippen LogP contribution is -2.03. The van der Waals surface area contributed by atoms with Gasteiger partial charge in [-0.05, 0) is 41.3 Å². The Hall–Kier alpha value is -2.95. The summed E-state index contributed by atoms with van der Waals surface area (Å²) in [5.74, 6) is 1.19. The summed E-state index contributed by atoms with van der Waals surface area (Å²) < 4.78 is 5.08. The molecule has 0 spiro atoms. The van der Waals surface area contributed by atoms with Crippen molar-refractivity contribution in [3.05, 3.63) is 53.4 Å². The normalized spacial score (nSPS) is 13.0. The van der Waals surface area contributed by atoms with Gasteiger partial charge in [0.05, 0.1) is 6.42 Å². The molecule has 0 unspecified atom stereocenters. The van der Waals surface area contributed by atoms with E-state index < -0.39 is 0 Å². The Morgan fingerprint density at radius 3 is 2.74 bits per heavy atom. The van der Waals surface area contributed by atoms with Crippen molar-refractivity contribution in [1.29, 1.82) is 0 Å². The van der Waals surface area contributed by atoms with Crippen molar-refractivity contribution in [1.82, 2.24) is 10.1 Å². The predicted molar refractivity (Wildman–Crippen MR) is 87.0 cm³/mol. The van der Waals surface area contributed by atoms with Crippen molar-refractivity contribution >= 4 is 11.6 Å². The number of amides is 1. The summed E-state index contributed by atoms with van der Waals surface area (Å²) >= 11 is 0. The van der Waals surface area contributed by atoms with Crippen LogP contribution in [0, 0.1) is 13.8 Å². The smallest absolute Gasteiger partial charge is 0.228 e. The van der Waals surface area contributed by atoms with Gasteiger partial charge < -0.3 is 9.84 Å². The number of rotatable bonds is 2. The summed E-state index contributed by atoms with van der Waals surface area (Å²) in [6.45, 7) is 3.83. The Morgan fingerprint density at radius 1 is 1.13 bits per heavy atom. The fourth-order valence-corrected chi connectivity index (χ4v) is 3.00. The molecule has 4 rings (SSSR count). The Balaban J connectivity index is 1.81. The number of benzene rings is 2. The molecule has 1 N–H and O–H groups in total. The van der Waals surface area contributed by atoms with Gasteiger partial charge in [0.2, 0.25) is 17.6 Å². The fourth-order valence-electron chi connectivity index (χ4n) is 3.00. The number of hydrogen-bond acceptors (Lipinski definition) is 4. The van der Waals surface area contributed by atoms with Crippen molar-refractivity contribution in [2.75, 3.05) is 5.32 Å². The van der Waals surface area contributed by atoms with Crippen molar-refractivity contribution in [2.24, 2.45) is 0 Å². The van der Waals surface area contributed by atoms with Crippen LogP contribution in [0.15, 0.2) is 40.9 Å². The maximum absolute atomic E-state index is 11.5. The SMILES string of the molecule is Cc1nc(-c2cccc(-c3ccc4c(c3)CC(=O)N4)c2C)no1. The second kappa shape index (κ2) is 5.05. The molecule has 1 aliphatic rings. The van der Waals surface area contributed by atoms with Gasteiger partial charge in [-0.3, -0.25) is 4.79 Å². The largest absolute Gasteiger partial charge is 0.339 e. The lowest BCUT2D eigenvalue weighted by molar-refractivity contribution is -0.115. The average molecular weight is 305 g/mol. The topological polar surface area (TPSA) is 68.0 Å². The summed E-state index contributed by atoms with van der Waals surface area (Å²) in [5, 5.41) is 6.87. The van der Waals surface area contributed by atoms with Crippen LogP contribution in [0.2, 0.25) is 0 Å². The molecule has 0 saturated carbocycles. The van der Waals surface area contributed by atoms with E-state index in [9.17, 15) is 4.79 Å². The third kappa shape index (κ3) is 2.30. The van der Waals surface area contributed by atoms with Crippen molar-refractivity contribution in [3.8, 4) is 22.5 Å². The van der Waals surface area contributed by atoms with Crippen LogP contribution in [0.25, 0.3) is 22.5 Å². The summed E-state index contributed by atoms with van der Waals surface area (Å²) in [4.78, 5) is 15.8. The molecule has 0 saturated heterocycles. The third-order valence-corrected chi connectivity index (χ3v) is 4.14. The number of anilines is 1. The lowest BCUT2D eigenvalue weighted by atomic mass is 9.94. The molecule has 5 heteroatoms. The maximum Gasteiger partial charge on any atom is 0.228 e. The first-order valence-corrected chi connectivity index (χ1v) is 7.45. The number of carbonyl (C=O) groups excluding carboxylic acids is 1. The highest BCUT2D eigenvalue weighted by molar-refractivity contribution is 5.99. The minimum atomic E-state index is 0.0462. The van der Waals surface area contributed by atoms with Gasteiger partial charge in [0.15, 0.2) is 0 Å². The van der Waals surface area contributed by atoms with Crippen LogP contribution in [0.4, 0.5) is 5.69 Å². The zero-order valence-electron chi connectivity index (χ0n) is 12.9. The Bertz CT molecular complexity index is 928. The van der Waals surface area contributed by atoms with E-state index in [1.807, 2.05) is 31.2 Å². The van der Waals surface area contributed by atoms with E-state index in [0.29, 0.717) is 18.1 Å². The van der Waals surface area contributed by atoms with Crippen LogP contribution < -0.4 is 5.32 Å². The van der Waals surface area contributed by atoms with Gasteiger partial charge in [-0.25, -0.2) is 0 Å². The van der Waals surface area contributed by atoms with E-state index in [1.54, 1.807) is 6.92 Å². The highest BCUT2D eigenvalue weighted by Gasteiger charge is 2.19. The van der Waals surface area contributed by atoms with Crippen molar-refractivity contribution in [3.63, 3.8) is 0 Å². The van der Waals surface area contributed by atoms with Gasteiger partial charge in [-0.15, -0.1) is 0 Å². The van der Waals surface area contributed by atoms with Crippen molar-refractivity contribution < 1.29 is 9.32 Å². The number of fused-ring (bicyclic) bond motifs is 1. The summed E-state index contributed by atoms with van der Waals surface area (Å²) in [6, 6.07) is 12.1. The second-order valence-electron chi connectivity index (χ2n) is 5.71. The van der Waals surface area contributed by atoms with Crippen molar-refractivity contribution in [2.45, 2.75) is 20.3 Å². The molecule has 2 aromatic carbocycles. The zero-order valence-corrected chi connectivity index (χ0v) is 12.9. The lowest BCUT2D eigenvalue weighted by Gasteiger charge is -2.10. The van der Waals surface area contributed by atoms with E-state index in [4.69, 9.17) is 4.52 Å². The van der Waals surface area contributed by atoms with Gasteiger partial charge >= 0.3 is 0 Å². The van der Waals surface area contributed by atoms with E-state index in [1.165, 1.54) is 0 Å². The van der Waals surface area contributed by atoms with Crippen LogP contribution in [0.3, 0.4) is 0 Å². The molecule has 1 aliphatic heterocycles. The molecule has 2 heterocycles. The monoisotopic (exact) mass is 305 g/mol. The summed E-state index contributed by atoms with van der Waals surface area (Å²) in [7, 11) is 0. The first kappa shape index (κ1) is 13.7. The molecule has 0 atom stereocenters. The van der Waals surface area contributed by atoms with Crippen LogP contribution in [-0.4, -0.2) is 16.0 Å². The molecule has 0 radical (unpaired) electrons. The second-order valence-corrected chi connectivity index (χ2v) is 5.71. The molecule has 1 amide bonds. The van der Waals surface area contributed by atoms with Gasteiger partial charge in [0.1, 0.15) is 0 Å². The fraction of sp³-hybridized carbons (Fsp3) is 0.167. The quantitative estimate of drug-likeness (QED) is 0.786. The predicted octanol–water partition coefficient (Wildman–Crippen LogP) is 3.52. The molecular formula is C18H15N3O2. The molecule has 1 aromatic heterocycles. The maximum atomic E-state index is 11.5. The molecule has 3 aromatic rings. The van der Waals surface area contributed by atoms with E-state index in [0.717, 1.165) is 33.5 Å². The Morgan fingerprint density at radius 2 is 1.96 bits per heavy atom. The highest BCUT2D eigenvalue weighted by atomic mass is 16.5. The Labute approximate surface area is 133 Å². The number of nitrogens with zero attached hydrogens (tertiary/aromatic N) is 2. The third-order valence-electron chi connectivity index (χ3n) is 4.14. The molecule has 114 valence electrons. The van der Waals surface area contributed by atoms with Crippen LogP contribution >= 0.6 is 0 Å². The minimum absolute atomic E-state index is 0.0462. The van der Waals surface area contributed by atoms with E-state index >= 15 is 0 Å². The number of hydrogen-bond donors (Lipinski definition) is 1. The van der Waals surface area contributed by atoms with Crippen LogP contribution in [0.5, 0.6) is 0 Å². The number of carbonyl (C=O) groups is 1. The van der Waals surface area contributed by atoms with E-state index in [-0.39, 0.29) is 5.91 Å². The van der Waals surface area contributed by atoms with E-state index in [2.05, 4.69) is 27.6 Å². The molecule has 23 heavy (non-hydrogen) atoms. The molecule has 0 fully saturated rings. The standard InChI is InChI=1S/C18H15N3O2/c1-10-14(4-3-5-15(10)18-19-11(2)23-21-18)12-6-7-16-13(8-12)9-17(22)20-16/h3-8H,9H2,1-2H3,(H,20,22).